The summed E-state index contributed by atoms with van der Waals surface area (Å²) in [6.45, 7) is 4.50. The molecule has 6 aromatic rings. The number of imidazole rings is 1. The van der Waals surface area contributed by atoms with Gasteiger partial charge in [-0.3, -0.25) is 9.78 Å². The van der Waals surface area contributed by atoms with Gasteiger partial charge in [-0.2, -0.15) is 0 Å². The van der Waals surface area contributed by atoms with Crippen molar-refractivity contribution in [1.29, 1.82) is 0 Å². The van der Waals surface area contributed by atoms with Gasteiger partial charge in [0.25, 0.3) is 5.91 Å². The second kappa shape index (κ2) is 11.1. The molecule has 1 saturated heterocycles. The van der Waals surface area contributed by atoms with E-state index in [-0.39, 0.29) is 5.91 Å². The molecule has 1 saturated carbocycles. The highest BCUT2D eigenvalue weighted by Crippen LogP contribution is 2.44. The topological polar surface area (TPSA) is 78.1 Å². The lowest BCUT2D eigenvalue weighted by Crippen LogP contribution is -2.38. The predicted molar refractivity (Wildman–Crippen MR) is 183 cm³/mol. The van der Waals surface area contributed by atoms with Gasteiger partial charge in [-0.15, -0.1) is 0 Å². The zero-order valence-corrected chi connectivity index (χ0v) is 26.9. The third kappa shape index (κ3) is 4.56. The number of fused-ring (bicyclic) bond motifs is 13. The van der Waals surface area contributed by atoms with Crippen LogP contribution in [0.15, 0.2) is 79.3 Å². The summed E-state index contributed by atoms with van der Waals surface area (Å²) in [5.41, 5.74) is 8.99. The number of aromatic nitrogens is 5. The molecule has 1 aliphatic carbocycles. The molecular formula is C39H38N6O2. The lowest BCUT2D eigenvalue weighted by atomic mass is 9.96. The van der Waals surface area contributed by atoms with Crippen molar-refractivity contribution in [2.45, 2.75) is 58.2 Å². The van der Waals surface area contributed by atoms with E-state index in [1.165, 1.54) is 17.5 Å². The molecule has 8 nitrogen and oxygen atoms in total. The van der Waals surface area contributed by atoms with Crippen LogP contribution >= 0.6 is 0 Å². The molecule has 2 aliphatic heterocycles. The van der Waals surface area contributed by atoms with E-state index < -0.39 is 0 Å². The lowest BCUT2D eigenvalue weighted by Gasteiger charge is -2.27. The summed E-state index contributed by atoms with van der Waals surface area (Å²) in [5.74, 6) is 2.71. The van der Waals surface area contributed by atoms with Crippen LogP contribution in [0.5, 0.6) is 5.75 Å². The van der Waals surface area contributed by atoms with E-state index in [0.29, 0.717) is 35.7 Å². The number of piperidine rings is 1. The number of methoxy groups -OCH3 is 1. The van der Waals surface area contributed by atoms with E-state index in [4.69, 9.17) is 19.7 Å². The van der Waals surface area contributed by atoms with Crippen molar-refractivity contribution in [3.05, 3.63) is 95.9 Å². The predicted octanol–water partition coefficient (Wildman–Crippen LogP) is 7.38. The van der Waals surface area contributed by atoms with Gasteiger partial charge in [0, 0.05) is 54.2 Å². The largest absolute Gasteiger partial charge is 0.494 e. The van der Waals surface area contributed by atoms with E-state index in [9.17, 15) is 4.79 Å². The third-order valence-electron chi connectivity index (χ3n) is 11.0. The van der Waals surface area contributed by atoms with Crippen molar-refractivity contribution in [2.24, 2.45) is 11.8 Å². The van der Waals surface area contributed by atoms with Crippen LogP contribution in [-0.2, 0) is 19.5 Å². The number of ether oxygens (including phenoxy) is 1. The summed E-state index contributed by atoms with van der Waals surface area (Å²) in [6, 6.07) is 21.5. The average molecular weight is 623 g/mol. The minimum atomic E-state index is 0.0765. The minimum Gasteiger partial charge on any atom is -0.494 e. The van der Waals surface area contributed by atoms with Crippen LogP contribution in [0, 0.1) is 11.8 Å². The molecule has 236 valence electrons. The van der Waals surface area contributed by atoms with Gasteiger partial charge in [0.2, 0.25) is 0 Å². The molecule has 0 spiro atoms. The fourth-order valence-electron chi connectivity index (χ4n) is 8.58. The number of nitrogens with zero attached hydrogens (tertiary/aromatic N) is 6. The van der Waals surface area contributed by atoms with Gasteiger partial charge in [0.15, 0.2) is 5.82 Å². The SMILES string of the molecule is COc1cc(C(=O)N2CC3CCC2[C@@H]3C)cc2nc3n(c12)Cc1cncc(c1)-c1ccccc1CCCCn1c-3cc2cccnc21. The Morgan fingerprint density at radius 2 is 1.89 bits per heavy atom. The molecule has 0 N–H and O–H groups in total. The molecule has 1 amide bonds. The normalized spacial score (nSPS) is 20.6. The maximum absolute atomic E-state index is 14.0. The molecule has 3 aliphatic rings. The highest BCUT2D eigenvalue weighted by Gasteiger charge is 2.46. The van der Waals surface area contributed by atoms with Gasteiger partial charge < -0.3 is 18.8 Å². The molecule has 9 rings (SSSR count). The summed E-state index contributed by atoms with van der Waals surface area (Å²) in [6.07, 6.45) is 11.1. The summed E-state index contributed by atoms with van der Waals surface area (Å²) in [7, 11) is 1.69. The van der Waals surface area contributed by atoms with Crippen LogP contribution < -0.4 is 4.74 Å². The quantitative estimate of drug-likeness (QED) is 0.201. The van der Waals surface area contributed by atoms with E-state index in [1.807, 2.05) is 36.8 Å². The Morgan fingerprint density at radius 3 is 2.74 bits per heavy atom. The molecule has 6 heterocycles. The summed E-state index contributed by atoms with van der Waals surface area (Å²) < 4.78 is 10.6. The number of amides is 1. The van der Waals surface area contributed by atoms with Gasteiger partial charge in [0.05, 0.1) is 24.9 Å². The summed E-state index contributed by atoms with van der Waals surface area (Å²) in [5, 5.41) is 1.08. The number of carbonyl (C=O) groups excluding carboxylic acids is 1. The number of carbonyl (C=O) groups is 1. The fourth-order valence-corrected chi connectivity index (χ4v) is 8.58. The minimum absolute atomic E-state index is 0.0765. The van der Waals surface area contributed by atoms with Crippen LogP contribution in [0.4, 0.5) is 0 Å². The molecule has 4 aromatic heterocycles. The first-order valence-corrected chi connectivity index (χ1v) is 16.9. The average Bonchev–Trinajstić information content (AvgIpc) is 3.85. The van der Waals surface area contributed by atoms with E-state index in [2.05, 4.69) is 63.4 Å². The zero-order chi connectivity index (χ0) is 31.6. The maximum Gasteiger partial charge on any atom is 0.254 e. The molecule has 0 radical (unpaired) electrons. The van der Waals surface area contributed by atoms with Gasteiger partial charge in [-0.05, 0) is 97.0 Å². The van der Waals surface area contributed by atoms with Crippen molar-refractivity contribution >= 4 is 28.0 Å². The van der Waals surface area contributed by atoms with E-state index >= 15 is 0 Å². The lowest BCUT2D eigenvalue weighted by molar-refractivity contribution is 0.0696. The molecule has 8 heteroatoms. The smallest absolute Gasteiger partial charge is 0.254 e. The monoisotopic (exact) mass is 622 g/mol. The summed E-state index contributed by atoms with van der Waals surface area (Å²) in [4.78, 5) is 31.0. The highest BCUT2D eigenvalue weighted by atomic mass is 16.5. The number of pyridine rings is 2. The first kappa shape index (κ1) is 28.3. The Labute approximate surface area is 274 Å². The van der Waals surface area contributed by atoms with Crippen LogP contribution in [0.3, 0.4) is 0 Å². The highest BCUT2D eigenvalue weighted by molar-refractivity contribution is 6.00. The number of likely N-dealkylation sites (tertiary alicyclic amines) is 1. The first-order chi connectivity index (χ1) is 23.1. The Kier molecular flexibility index (Phi) is 6.66. The Balaban J connectivity index is 1.25. The second-order valence-electron chi connectivity index (χ2n) is 13.6. The van der Waals surface area contributed by atoms with Crippen molar-refractivity contribution in [1.82, 2.24) is 29.0 Å². The Hall–Kier alpha value is -4.98. The van der Waals surface area contributed by atoms with Crippen molar-refractivity contribution in [2.75, 3.05) is 13.7 Å². The molecular weight excluding hydrogens is 584 g/mol. The van der Waals surface area contributed by atoms with Gasteiger partial charge in [0.1, 0.15) is 16.9 Å². The van der Waals surface area contributed by atoms with Crippen LogP contribution in [-0.4, -0.2) is 54.6 Å². The molecule has 2 aromatic carbocycles. The number of benzene rings is 2. The van der Waals surface area contributed by atoms with Crippen molar-refractivity contribution in [3.63, 3.8) is 0 Å². The second-order valence-corrected chi connectivity index (χ2v) is 13.6. The van der Waals surface area contributed by atoms with Gasteiger partial charge in [-0.25, -0.2) is 9.97 Å². The molecule has 47 heavy (non-hydrogen) atoms. The summed E-state index contributed by atoms with van der Waals surface area (Å²) >= 11 is 0. The van der Waals surface area contributed by atoms with Gasteiger partial charge >= 0.3 is 0 Å². The number of hydrogen-bond acceptors (Lipinski definition) is 5. The van der Waals surface area contributed by atoms with Crippen molar-refractivity contribution < 1.29 is 9.53 Å². The zero-order valence-electron chi connectivity index (χ0n) is 26.9. The third-order valence-corrected chi connectivity index (χ3v) is 11.0. The van der Waals surface area contributed by atoms with Crippen LogP contribution in [0.2, 0.25) is 0 Å². The molecule has 2 fully saturated rings. The van der Waals surface area contributed by atoms with Crippen LogP contribution in [0.1, 0.15) is 54.1 Å². The molecule has 4 bridgehead atoms. The molecule has 3 atom stereocenters. The van der Waals surface area contributed by atoms with Gasteiger partial charge in [-0.1, -0.05) is 31.2 Å². The number of aryl methyl sites for hydroxylation is 2. The number of rotatable bonds is 2. The van der Waals surface area contributed by atoms with E-state index in [1.54, 1.807) is 7.11 Å². The van der Waals surface area contributed by atoms with E-state index in [0.717, 1.165) is 83.5 Å². The van der Waals surface area contributed by atoms with Crippen molar-refractivity contribution in [3.8, 4) is 28.4 Å². The Morgan fingerprint density at radius 1 is 0.979 bits per heavy atom. The number of hydrogen-bond donors (Lipinski definition) is 0. The maximum atomic E-state index is 14.0. The fraction of sp³-hybridized carbons (Fsp3) is 0.333. The standard InChI is InChI=1S/C39H38N6O2/c1-24-28-12-13-33(24)44(23-28)39(46)29-17-32-36(35(19-29)47-2)45-22-25-16-30(21-40-20-25)31-11-4-3-8-26(31)9-5-6-15-43-34(38(45)42-32)18-27-10-7-14-41-37(27)43/h3-4,7-8,10-11,14,16-21,24,28,33H,5-6,9,12-13,15,22-23H2,1-2H3/t24-,28?,33?/m1/s1. The van der Waals surface area contributed by atoms with Crippen LogP contribution in [0.25, 0.3) is 44.7 Å². The molecule has 2 unspecified atom stereocenters. The Bertz CT molecular complexity index is 2180. The first-order valence-electron chi connectivity index (χ1n) is 16.9.